The highest BCUT2D eigenvalue weighted by Gasteiger charge is 2.29. The molecule has 31 heavy (non-hydrogen) atoms. The molecule has 0 unspecified atom stereocenters. The van der Waals surface area contributed by atoms with E-state index in [1.54, 1.807) is 16.2 Å². The number of hydrogen-bond acceptors (Lipinski definition) is 5. The molecule has 2 saturated heterocycles. The van der Waals surface area contributed by atoms with Crippen LogP contribution in [0.2, 0.25) is 0 Å². The number of anilines is 1. The average Bonchev–Trinajstić information content (AvgIpc) is 3.35. The van der Waals surface area contributed by atoms with Crippen molar-refractivity contribution >= 4 is 29.0 Å². The van der Waals surface area contributed by atoms with Gasteiger partial charge >= 0.3 is 6.03 Å². The third-order valence-corrected chi connectivity index (χ3v) is 6.98. The lowest BCUT2D eigenvalue weighted by Crippen LogP contribution is -2.47. The Morgan fingerprint density at radius 1 is 1.03 bits per heavy atom. The van der Waals surface area contributed by atoms with Gasteiger partial charge in [0, 0.05) is 49.2 Å². The third-order valence-electron chi connectivity index (χ3n) is 6.01. The zero-order chi connectivity index (χ0) is 21.5. The number of urea groups is 1. The number of para-hydroxylation sites is 1. The second-order valence-corrected chi connectivity index (χ2v) is 8.96. The van der Waals surface area contributed by atoms with Gasteiger partial charge in [0.25, 0.3) is 0 Å². The van der Waals surface area contributed by atoms with Gasteiger partial charge in [-0.25, -0.2) is 4.79 Å². The number of carbonyl (C=O) groups is 2. The number of thiophene rings is 1. The Morgan fingerprint density at radius 3 is 2.45 bits per heavy atom. The van der Waals surface area contributed by atoms with E-state index in [0.29, 0.717) is 32.5 Å². The second-order valence-electron chi connectivity index (χ2n) is 7.98. The van der Waals surface area contributed by atoms with E-state index in [9.17, 15) is 9.59 Å². The maximum absolute atomic E-state index is 12.9. The van der Waals surface area contributed by atoms with Crippen LogP contribution in [0, 0.1) is 5.92 Å². The van der Waals surface area contributed by atoms with E-state index in [2.05, 4.69) is 33.0 Å². The number of amides is 3. The molecule has 7 nitrogen and oxygen atoms in total. The fraction of sp³-hybridized carbons (Fsp3) is 0.478. The van der Waals surface area contributed by atoms with Gasteiger partial charge in [-0.2, -0.15) is 0 Å². The van der Waals surface area contributed by atoms with Crippen LogP contribution in [-0.4, -0.2) is 67.7 Å². The van der Waals surface area contributed by atoms with Crippen LogP contribution in [0.4, 0.5) is 10.5 Å². The average molecular weight is 443 g/mol. The first-order chi connectivity index (χ1) is 15.2. The molecule has 4 rings (SSSR count). The summed E-state index contributed by atoms with van der Waals surface area (Å²) in [4.78, 5) is 30.8. The van der Waals surface area contributed by atoms with E-state index in [1.807, 2.05) is 30.3 Å². The quantitative estimate of drug-likeness (QED) is 0.721. The maximum Gasteiger partial charge on any atom is 0.321 e. The smallest absolute Gasteiger partial charge is 0.321 e. The highest BCUT2D eigenvalue weighted by Crippen LogP contribution is 2.26. The van der Waals surface area contributed by atoms with E-state index in [4.69, 9.17) is 4.74 Å². The van der Waals surface area contributed by atoms with Crippen molar-refractivity contribution in [3.8, 4) is 0 Å². The van der Waals surface area contributed by atoms with Crippen molar-refractivity contribution < 1.29 is 14.3 Å². The van der Waals surface area contributed by atoms with Crippen molar-refractivity contribution in [2.75, 3.05) is 51.3 Å². The number of rotatable bonds is 6. The molecule has 8 heteroatoms. The first kappa shape index (κ1) is 21.8. The van der Waals surface area contributed by atoms with Crippen molar-refractivity contribution in [3.05, 3.63) is 52.7 Å². The lowest BCUT2D eigenvalue weighted by molar-refractivity contribution is -0.126. The zero-order valence-electron chi connectivity index (χ0n) is 17.7. The van der Waals surface area contributed by atoms with Gasteiger partial charge in [-0.3, -0.25) is 9.69 Å². The predicted molar refractivity (Wildman–Crippen MR) is 122 cm³/mol. The molecule has 0 bridgehead atoms. The highest BCUT2D eigenvalue weighted by molar-refractivity contribution is 7.10. The molecule has 0 saturated carbocycles. The molecular formula is C23H30N4O3S. The fourth-order valence-electron chi connectivity index (χ4n) is 4.19. The van der Waals surface area contributed by atoms with Crippen molar-refractivity contribution in [3.63, 3.8) is 0 Å². The van der Waals surface area contributed by atoms with E-state index in [0.717, 1.165) is 32.0 Å². The summed E-state index contributed by atoms with van der Waals surface area (Å²) in [5.74, 6) is 0.0485. The number of piperidine rings is 1. The van der Waals surface area contributed by atoms with Crippen LogP contribution in [0.15, 0.2) is 47.8 Å². The predicted octanol–water partition coefficient (Wildman–Crippen LogP) is 3.18. The Bertz CT molecular complexity index is 832. The highest BCUT2D eigenvalue weighted by atomic mass is 32.1. The van der Waals surface area contributed by atoms with Crippen LogP contribution in [0.1, 0.15) is 23.8 Å². The SMILES string of the molecule is O=C(NC[C@H](c1cccs1)N1CCOCC1)C1CCN(C(=O)Nc2ccccc2)CC1. The largest absolute Gasteiger partial charge is 0.379 e. The minimum Gasteiger partial charge on any atom is -0.379 e. The van der Waals surface area contributed by atoms with Gasteiger partial charge in [0.2, 0.25) is 5.91 Å². The Morgan fingerprint density at radius 2 is 1.77 bits per heavy atom. The summed E-state index contributed by atoms with van der Waals surface area (Å²) < 4.78 is 5.49. The number of morpholine rings is 1. The topological polar surface area (TPSA) is 73.9 Å². The first-order valence-corrected chi connectivity index (χ1v) is 11.8. The number of hydrogen-bond donors (Lipinski definition) is 2. The van der Waals surface area contributed by atoms with Crippen LogP contribution >= 0.6 is 11.3 Å². The number of benzene rings is 1. The van der Waals surface area contributed by atoms with Gasteiger partial charge in [-0.1, -0.05) is 24.3 Å². The number of nitrogens with one attached hydrogen (secondary N) is 2. The summed E-state index contributed by atoms with van der Waals surface area (Å²) in [5, 5.41) is 8.19. The Kier molecular flexibility index (Phi) is 7.56. The molecule has 1 aromatic heterocycles. The van der Waals surface area contributed by atoms with Crippen LogP contribution in [-0.2, 0) is 9.53 Å². The molecule has 3 amide bonds. The lowest BCUT2D eigenvalue weighted by Gasteiger charge is -2.35. The monoisotopic (exact) mass is 442 g/mol. The molecule has 1 aromatic carbocycles. The summed E-state index contributed by atoms with van der Waals surface area (Å²) in [7, 11) is 0. The Labute approximate surface area is 187 Å². The third kappa shape index (κ3) is 5.84. The van der Waals surface area contributed by atoms with E-state index in [1.165, 1.54) is 4.88 Å². The molecule has 2 aromatic rings. The van der Waals surface area contributed by atoms with Gasteiger partial charge in [-0.05, 0) is 36.4 Å². The molecule has 2 aliphatic rings. The van der Waals surface area contributed by atoms with Gasteiger partial charge in [0.1, 0.15) is 0 Å². The van der Waals surface area contributed by atoms with Crippen molar-refractivity contribution in [1.29, 1.82) is 0 Å². The Balaban J connectivity index is 1.26. The number of nitrogens with zero attached hydrogens (tertiary/aromatic N) is 2. The second kappa shape index (κ2) is 10.7. The van der Waals surface area contributed by atoms with Gasteiger partial charge in [0.05, 0.1) is 19.3 Å². The fourth-order valence-corrected chi connectivity index (χ4v) is 5.05. The van der Waals surface area contributed by atoms with Crippen LogP contribution < -0.4 is 10.6 Å². The number of ether oxygens (including phenoxy) is 1. The molecule has 3 heterocycles. The molecule has 1 atom stereocenters. The van der Waals surface area contributed by atoms with Crippen molar-refractivity contribution in [2.24, 2.45) is 5.92 Å². The standard InChI is InChI=1S/C23H30N4O3S/c28-22(24-17-20(21-7-4-16-31-21)26-12-14-30-15-13-26)18-8-10-27(11-9-18)23(29)25-19-5-2-1-3-6-19/h1-7,16,18,20H,8-15,17H2,(H,24,28)(H,25,29)/t20-/m1/s1. The number of likely N-dealkylation sites (tertiary alicyclic amines) is 1. The van der Waals surface area contributed by atoms with Crippen molar-refractivity contribution in [1.82, 2.24) is 15.1 Å². The van der Waals surface area contributed by atoms with Crippen molar-refractivity contribution in [2.45, 2.75) is 18.9 Å². The molecule has 0 aliphatic carbocycles. The first-order valence-electron chi connectivity index (χ1n) is 10.9. The summed E-state index contributed by atoms with van der Waals surface area (Å²) in [6.45, 7) is 5.02. The minimum atomic E-state index is -0.102. The van der Waals surface area contributed by atoms with Gasteiger partial charge in [-0.15, -0.1) is 11.3 Å². The lowest BCUT2D eigenvalue weighted by atomic mass is 9.96. The summed E-state index contributed by atoms with van der Waals surface area (Å²) >= 11 is 1.73. The maximum atomic E-state index is 12.9. The van der Waals surface area contributed by atoms with Crippen LogP contribution in [0.5, 0.6) is 0 Å². The molecule has 2 fully saturated rings. The van der Waals surface area contributed by atoms with Gasteiger partial charge in [0.15, 0.2) is 0 Å². The molecule has 166 valence electrons. The molecule has 0 spiro atoms. The van der Waals surface area contributed by atoms with E-state index >= 15 is 0 Å². The van der Waals surface area contributed by atoms with Gasteiger partial charge < -0.3 is 20.3 Å². The molecule has 2 aliphatic heterocycles. The minimum absolute atomic E-state index is 0.0468. The van der Waals surface area contributed by atoms with E-state index < -0.39 is 0 Å². The summed E-state index contributed by atoms with van der Waals surface area (Å²) in [6, 6.07) is 13.7. The van der Waals surface area contributed by atoms with Crippen LogP contribution in [0.25, 0.3) is 0 Å². The summed E-state index contributed by atoms with van der Waals surface area (Å²) in [6.07, 6.45) is 1.38. The molecule has 2 N–H and O–H groups in total. The number of carbonyl (C=O) groups excluding carboxylic acids is 2. The normalized spacial score (nSPS) is 19.0. The van der Waals surface area contributed by atoms with E-state index in [-0.39, 0.29) is 23.9 Å². The molecule has 0 radical (unpaired) electrons. The Hall–Kier alpha value is -2.42. The summed E-state index contributed by atoms with van der Waals surface area (Å²) in [5.41, 5.74) is 0.787. The molecular weight excluding hydrogens is 412 g/mol. The van der Waals surface area contributed by atoms with Crippen LogP contribution in [0.3, 0.4) is 0 Å². The zero-order valence-corrected chi connectivity index (χ0v) is 18.5.